The third-order valence-electron chi connectivity index (χ3n) is 4.73. The minimum Gasteiger partial charge on any atom is -0.481 e. The van der Waals surface area contributed by atoms with Crippen molar-refractivity contribution in [1.82, 2.24) is 0 Å². The molecule has 0 aliphatic rings. The Hall–Kier alpha value is -1.32. The molecule has 4 heteroatoms. The molecule has 0 saturated heterocycles. The maximum atomic E-state index is 11.2. The summed E-state index contributed by atoms with van der Waals surface area (Å²) < 4.78 is 0. The summed E-state index contributed by atoms with van der Waals surface area (Å²) in [5.74, 6) is -1.48. The van der Waals surface area contributed by atoms with Gasteiger partial charge in [-0.25, -0.2) is 4.79 Å². The van der Waals surface area contributed by atoms with Crippen LogP contribution in [-0.4, -0.2) is 22.2 Å². The second-order valence-electron chi connectivity index (χ2n) is 8.35. The normalized spacial score (nSPS) is 12.3. The molecule has 2 N–H and O–H groups in total. The molecule has 0 aromatic carbocycles. The van der Waals surface area contributed by atoms with Gasteiger partial charge in [0.05, 0.1) is 0 Å². The first-order valence-electron chi connectivity index (χ1n) is 10.4. The van der Waals surface area contributed by atoms with Crippen molar-refractivity contribution in [2.75, 3.05) is 0 Å². The Morgan fingerprint density at radius 3 is 1.42 bits per heavy atom. The molecule has 0 aliphatic carbocycles. The smallest absolute Gasteiger partial charge is 0.331 e. The van der Waals surface area contributed by atoms with Crippen LogP contribution >= 0.6 is 0 Å². The van der Waals surface area contributed by atoms with E-state index in [4.69, 9.17) is 5.11 Å². The average Bonchev–Trinajstić information content (AvgIpc) is 2.52. The first-order chi connectivity index (χ1) is 12.2. The topological polar surface area (TPSA) is 74.6 Å². The van der Waals surface area contributed by atoms with Crippen molar-refractivity contribution in [2.45, 2.75) is 111 Å². The molecule has 0 unspecified atom stereocenters. The van der Waals surface area contributed by atoms with Gasteiger partial charge in [0.1, 0.15) is 0 Å². The van der Waals surface area contributed by atoms with Gasteiger partial charge in [0, 0.05) is 12.0 Å². The predicted octanol–water partition coefficient (Wildman–Crippen LogP) is 6.59. The molecule has 26 heavy (non-hydrogen) atoms. The van der Waals surface area contributed by atoms with Crippen LogP contribution in [0.1, 0.15) is 111 Å². The highest BCUT2D eigenvalue weighted by Crippen LogP contribution is 2.26. The molecule has 0 radical (unpaired) electrons. The van der Waals surface area contributed by atoms with Crippen LogP contribution < -0.4 is 0 Å². The van der Waals surface area contributed by atoms with E-state index < -0.39 is 11.9 Å². The van der Waals surface area contributed by atoms with Gasteiger partial charge in [0.25, 0.3) is 0 Å². The molecule has 0 aromatic heterocycles. The Kier molecular flexibility index (Phi) is 14.1. The summed E-state index contributed by atoms with van der Waals surface area (Å²) >= 11 is 0. The maximum absolute atomic E-state index is 11.2. The van der Waals surface area contributed by atoms with E-state index in [0.29, 0.717) is 12.0 Å². The SMILES string of the molecule is CC(C)(C)C(=CCCCCCCCCCCCCCCC(=O)O)C(=O)O. The third-order valence-corrected chi connectivity index (χ3v) is 4.73. The quantitative estimate of drug-likeness (QED) is 0.238. The minimum atomic E-state index is -0.792. The van der Waals surface area contributed by atoms with E-state index in [1.165, 1.54) is 51.4 Å². The molecule has 0 saturated carbocycles. The van der Waals surface area contributed by atoms with Gasteiger partial charge in [-0.3, -0.25) is 4.79 Å². The first kappa shape index (κ1) is 24.7. The highest BCUT2D eigenvalue weighted by molar-refractivity contribution is 5.87. The summed E-state index contributed by atoms with van der Waals surface area (Å²) in [6, 6.07) is 0. The summed E-state index contributed by atoms with van der Waals surface area (Å²) in [5.41, 5.74) is 0.239. The monoisotopic (exact) mass is 368 g/mol. The van der Waals surface area contributed by atoms with Crippen LogP contribution in [0.3, 0.4) is 0 Å². The zero-order chi connectivity index (χ0) is 19.8. The Morgan fingerprint density at radius 1 is 0.692 bits per heavy atom. The maximum Gasteiger partial charge on any atom is 0.331 e. The van der Waals surface area contributed by atoms with Crippen molar-refractivity contribution in [3.8, 4) is 0 Å². The third kappa shape index (κ3) is 15.0. The molecule has 4 nitrogen and oxygen atoms in total. The molecule has 0 atom stereocenters. The number of carboxylic acids is 2. The first-order valence-corrected chi connectivity index (χ1v) is 10.4. The second kappa shape index (κ2) is 14.8. The highest BCUT2D eigenvalue weighted by atomic mass is 16.4. The molecule has 0 aliphatic heterocycles. The van der Waals surface area contributed by atoms with E-state index in [1.807, 2.05) is 26.8 Å². The van der Waals surface area contributed by atoms with Crippen molar-refractivity contribution in [3.63, 3.8) is 0 Å². The largest absolute Gasteiger partial charge is 0.481 e. The number of hydrogen-bond acceptors (Lipinski definition) is 2. The molecule has 0 amide bonds. The van der Waals surface area contributed by atoms with Gasteiger partial charge < -0.3 is 10.2 Å². The second-order valence-corrected chi connectivity index (χ2v) is 8.35. The Morgan fingerprint density at radius 2 is 1.08 bits per heavy atom. The van der Waals surface area contributed by atoms with E-state index in [-0.39, 0.29) is 5.41 Å². The van der Waals surface area contributed by atoms with E-state index in [1.54, 1.807) is 0 Å². The lowest BCUT2D eigenvalue weighted by molar-refractivity contribution is -0.137. The Bertz CT molecular complexity index is 418. The Labute approximate surface area is 160 Å². The lowest BCUT2D eigenvalue weighted by atomic mass is 9.85. The average molecular weight is 369 g/mol. The molecule has 0 aromatic rings. The standard InChI is InChI=1S/C22H40O4/c1-22(2,3)19(21(25)26)17-15-13-11-9-7-5-4-6-8-10-12-14-16-18-20(23)24/h17H,4-16,18H2,1-3H3,(H,23,24)(H,25,26). The van der Waals surface area contributed by atoms with Crippen molar-refractivity contribution in [2.24, 2.45) is 5.41 Å². The summed E-state index contributed by atoms with van der Waals surface area (Å²) in [4.78, 5) is 21.6. The molecular formula is C22H40O4. The van der Waals surface area contributed by atoms with Crippen molar-refractivity contribution < 1.29 is 19.8 Å². The summed E-state index contributed by atoms with van der Waals surface area (Å²) in [6.45, 7) is 5.84. The summed E-state index contributed by atoms with van der Waals surface area (Å²) in [7, 11) is 0. The van der Waals surface area contributed by atoms with Gasteiger partial charge >= 0.3 is 11.9 Å². The molecule has 0 fully saturated rings. The lowest BCUT2D eigenvalue weighted by Crippen LogP contribution is -2.17. The predicted molar refractivity (Wildman–Crippen MR) is 107 cm³/mol. The minimum absolute atomic E-state index is 0.290. The summed E-state index contributed by atoms with van der Waals surface area (Å²) in [6.07, 6.45) is 17.2. The van der Waals surface area contributed by atoms with Crippen molar-refractivity contribution >= 4 is 11.9 Å². The fraction of sp³-hybridized carbons (Fsp3) is 0.818. The molecule has 0 heterocycles. The number of unbranched alkanes of at least 4 members (excludes halogenated alkanes) is 12. The molecular weight excluding hydrogens is 328 g/mol. The zero-order valence-corrected chi connectivity index (χ0v) is 17.2. The van der Waals surface area contributed by atoms with Crippen LogP contribution in [0.2, 0.25) is 0 Å². The lowest BCUT2D eigenvalue weighted by Gasteiger charge is -2.19. The number of aliphatic carboxylic acids is 2. The fourth-order valence-corrected chi connectivity index (χ4v) is 3.15. The molecule has 0 rings (SSSR count). The van der Waals surface area contributed by atoms with Crippen LogP contribution in [0.5, 0.6) is 0 Å². The van der Waals surface area contributed by atoms with E-state index >= 15 is 0 Å². The van der Waals surface area contributed by atoms with Crippen molar-refractivity contribution in [1.29, 1.82) is 0 Å². The number of allylic oxidation sites excluding steroid dienone is 1. The molecule has 152 valence electrons. The molecule has 0 spiro atoms. The number of rotatable bonds is 16. The van der Waals surface area contributed by atoms with E-state index in [0.717, 1.165) is 32.1 Å². The van der Waals surface area contributed by atoms with Gasteiger partial charge in [-0.1, -0.05) is 91.1 Å². The number of carbonyl (C=O) groups is 2. The van der Waals surface area contributed by atoms with Gasteiger partial charge in [0.15, 0.2) is 0 Å². The van der Waals surface area contributed by atoms with Crippen LogP contribution in [0.15, 0.2) is 11.6 Å². The van der Waals surface area contributed by atoms with Crippen LogP contribution in [0.4, 0.5) is 0 Å². The summed E-state index contributed by atoms with van der Waals surface area (Å²) in [5, 5.41) is 17.8. The fourth-order valence-electron chi connectivity index (χ4n) is 3.15. The van der Waals surface area contributed by atoms with Gasteiger partial charge in [-0.05, 0) is 24.7 Å². The van der Waals surface area contributed by atoms with Crippen LogP contribution in [0, 0.1) is 5.41 Å². The highest BCUT2D eigenvalue weighted by Gasteiger charge is 2.22. The van der Waals surface area contributed by atoms with Gasteiger partial charge in [0.2, 0.25) is 0 Å². The van der Waals surface area contributed by atoms with Gasteiger partial charge in [-0.15, -0.1) is 0 Å². The van der Waals surface area contributed by atoms with Crippen LogP contribution in [0.25, 0.3) is 0 Å². The Balaban J connectivity index is 3.44. The van der Waals surface area contributed by atoms with E-state index in [2.05, 4.69) is 0 Å². The van der Waals surface area contributed by atoms with E-state index in [9.17, 15) is 14.7 Å². The van der Waals surface area contributed by atoms with Crippen LogP contribution in [-0.2, 0) is 9.59 Å². The molecule has 0 bridgehead atoms. The zero-order valence-electron chi connectivity index (χ0n) is 17.2. The number of hydrogen-bond donors (Lipinski definition) is 2. The number of carboxylic acid groups (broad SMARTS) is 2. The van der Waals surface area contributed by atoms with Crippen molar-refractivity contribution in [3.05, 3.63) is 11.6 Å². The van der Waals surface area contributed by atoms with Gasteiger partial charge in [-0.2, -0.15) is 0 Å².